The summed E-state index contributed by atoms with van der Waals surface area (Å²) in [6, 6.07) is 5.74. The number of anilines is 1. The first-order valence-electron chi connectivity index (χ1n) is 6.48. The second-order valence-electron chi connectivity index (χ2n) is 4.77. The second-order valence-corrected chi connectivity index (χ2v) is 5.68. The fourth-order valence-corrected chi connectivity index (χ4v) is 2.23. The van der Waals surface area contributed by atoms with E-state index in [1.807, 2.05) is 0 Å². The third-order valence-electron chi connectivity index (χ3n) is 3.28. The van der Waals surface area contributed by atoms with Gasteiger partial charge >= 0.3 is 0 Å². The Kier molecular flexibility index (Phi) is 6.31. The number of nitrogens with zero attached hydrogens (tertiary/aromatic N) is 1. The van der Waals surface area contributed by atoms with Crippen LogP contribution in [0.3, 0.4) is 0 Å². The smallest absolute Gasteiger partial charge is 0.251 e. The average molecular weight is 328 g/mol. The molecule has 19 heavy (non-hydrogen) atoms. The molecule has 1 amide bonds. The number of carbonyl (C=O) groups is 1. The van der Waals surface area contributed by atoms with E-state index in [9.17, 15) is 4.79 Å². The SMILES string of the molecule is CCC(C)N(C)CCNC(=O)c1cc(N)cc(Br)c1. The normalized spacial score (nSPS) is 12.5. The van der Waals surface area contributed by atoms with Crippen molar-refractivity contribution >= 4 is 27.5 Å². The molecule has 4 nitrogen and oxygen atoms in total. The molecule has 0 heterocycles. The van der Waals surface area contributed by atoms with E-state index in [0.717, 1.165) is 17.4 Å². The van der Waals surface area contributed by atoms with Gasteiger partial charge < -0.3 is 16.0 Å². The monoisotopic (exact) mass is 327 g/mol. The molecule has 0 aliphatic carbocycles. The van der Waals surface area contributed by atoms with Crippen molar-refractivity contribution in [3.05, 3.63) is 28.2 Å². The summed E-state index contributed by atoms with van der Waals surface area (Å²) in [5.41, 5.74) is 6.88. The highest BCUT2D eigenvalue weighted by molar-refractivity contribution is 9.10. The Balaban J connectivity index is 2.47. The topological polar surface area (TPSA) is 58.4 Å². The van der Waals surface area contributed by atoms with E-state index in [4.69, 9.17) is 5.73 Å². The fraction of sp³-hybridized carbons (Fsp3) is 0.500. The quantitative estimate of drug-likeness (QED) is 0.789. The third-order valence-corrected chi connectivity index (χ3v) is 3.73. The molecule has 1 aromatic rings. The van der Waals surface area contributed by atoms with Crippen LogP contribution in [0.5, 0.6) is 0 Å². The van der Waals surface area contributed by atoms with Crippen molar-refractivity contribution < 1.29 is 4.79 Å². The Hall–Kier alpha value is -1.07. The van der Waals surface area contributed by atoms with Crippen molar-refractivity contribution in [3.8, 4) is 0 Å². The van der Waals surface area contributed by atoms with Crippen LogP contribution in [0.1, 0.15) is 30.6 Å². The molecular formula is C14H22BrN3O. The van der Waals surface area contributed by atoms with Gasteiger partial charge in [-0.3, -0.25) is 4.79 Å². The van der Waals surface area contributed by atoms with Crippen LogP contribution in [0, 0.1) is 0 Å². The fourth-order valence-electron chi connectivity index (χ4n) is 1.72. The van der Waals surface area contributed by atoms with Crippen molar-refractivity contribution in [1.82, 2.24) is 10.2 Å². The van der Waals surface area contributed by atoms with Crippen LogP contribution >= 0.6 is 15.9 Å². The molecule has 0 aliphatic heterocycles. The largest absolute Gasteiger partial charge is 0.399 e. The van der Waals surface area contributed by atoms with E-state index in [2.05, 4.69) is 47.0 Å². The van der Waals surface area contributed by atoms with E-state index in [-0.39, 0.29) is 5.91 Å². The van der Waals surface area contributed by atoms with Crippen molar-refractivity contribution in [1.29, 1.82) is 0 Å². The molecular weight excluding hydrogens is 306 g/mol. The number of hydrogen-bond donors (Lipinski definition) is 2. The number of rotatable bonds is 6. The zero-order valence-electron chi connectivity index (χ0n) is 11.7. The number of nitrogen functional groups attached to an aromatic ring is 1. The maximum atomic E-state index is 12.0. The predicted molar refractivity (Wildman–Crippen MR) is 83.3 cm³/mol. The first kappa shape index (κ1) is 16.0. The highest BCUT2D eigenvalue weighted by Crippen LogP contribution is 2.17. The number of nitrogens with two attached hydrogens (primary N) is 1. The number of benzene rings is 1. The van der Waals surface area contributed by atoms with Gasteiger partial charge in [0.25, 0.3) is 5.91 Å². The molecule has 3 N–H and O–H groups in total. The lowest BCUT2D eigenvalue weighted by atomic mass is 10.2. The predicted octanol–water partition coefficient (Wildman–Crippen LogP) is 2.49. The highest BCUT2D eigenvalue weighted by atomic mass is 79.9. The van der Waals surface area contributed by atoms with E-state index < -0.39 is 0 Å². The van der Waals surface area contributed by atoms with E-state index in [0.29, 0.717) is 23.8 Å². The maximum Gasteiger partial charge on any atom is 0.251 e. The third kappa shape index (κ3) is 5.20. The van der Waals surface area contributed by atoms with Crippen LogP contribution in [0.2, 0.25) is 0 Å². The molecule has 1 unspecified atom stereocenters. The summed E-state index contributed by atoms with van der Waals surface area (Å²) in [4.78, 5) is 14.2. The van der Waals surface area contributed by atoms with Gasteiger partial charge in [-0.1, -0.05) is 22.9 Å². The van der Waals surface area contributed by atoms with Gasteiger partial charge in [-0.25, -0.2) is 0 Å². The number of likely N-dealkylation sites (N-methyl/N-ethyl adjacent to an activating group) is 1. The maximum absolute atomic E-state index is 12.0. The molecule has 0 aromatic heterocycles. The van der Waals surface area contributed by atoms with Crippen molar-refractivity contribution in [3.63, 3.8) is 0 Å². The first-order chi connectivity index (χ1) is 8.93. The number of halogens is 1. The Morgan fingerprint density at radius 1 is 1.47 bits per heavy atom. The highest BCUT2D eigenvalue weighted by Gasteiger charge is 2.09. The number of hydrogen-bond acceptors (Lipinski definition) is 3. The van der Waals surface area contributed by atoms with Crippen LogP contribution in [0.25, 0.3) is 0 Å². The van der Waals surface area contributed by atoms with E-state index >= 15 is 0 Å². The lowest BCUT2D eigenvalue weighted by molar-refractivity contribution is 0.0947. The summed E-state index contributed by atoms with van der Waals surface area (Å²) < 4.78 is 0.814. The molecule has 0 radical (unpaired) electrons. The lowest BCUT2D eigenvalue weighted by Crippen LogP contribution is -2.37. The molecule has 0 bridgehead atoms. The Morgan fingerprint density at radius 3 is 2.74 bits per heavy atom. The van der Waals surface area contributed by atoms with Gasteiger partial charge in [-0.05, 0) is 38.6 Å². The number of carbonyl (C=O) groups excluding carboxylic acids is 1. The van der Waals surface area contributed by atoms with Crippen LogP contribution in [-0.4, -0.2) is 37.0 Å². The Morgan fingerprint density at radius 2 is 2.16 bits per heavy atom. The van der Waals surface area contributed by atoms with Crippen molar-refractivity contribution in [2.75, 3.05) is 25.9 Å². The van der Waals surface area contributed by atoms with Crippen molar-refractivity contribution in [2.24, 2.45) is 0 Å². The van der Waals surface area contributed by atoms with Crippen molar-refractivity contribution in [2.45, 2.75) is 26.3 Å². The van der Waals surface area contributed by atoms with Crippen LogP contribution < -0.4 is 11.1 Å². The lowest BCUT2D eigenvalue weighted by Gasteiger charge is -2.23. The summed E-state index contributed by atoms with van der Waals surface area (Å²) in [6.45, 7) is 5.80. The minimum Gasteiger partial charge on any atom is -0.399 e. The van der Waals surface area contributed by atoms with Crippen LogP contribution in [0.15, 0.2) is 22.7 Å². The molecule has 5 heteroatoms. The minimum absolute atomic E-state index is 0.0921. The van der Waals surface area contributed by atoms with Gasteiger partial charge in [0.1, 0.15) is 0 Å². The Bertz CT molecular complexity index is 416. The molecule has 106 valence electrons. The van der Waals surface area contributed by atoms with E-state index in [1.165, 1.54) is 0 Å². The summed E-state index contributed by atoms with van der Waals surface area (Å²) in [6.07, 6.45) is 1.10. The molecule has 0 fully saturated rings. The van der Waals surface area contributed by atoms with Crippen LogP contribution in [0.4, 0.5) is 5.69 Å². The second kappa shape index (κ2) is 7.50. The zero-order valence-corrected chi connectivity index (χ0v) is 13.3. The first-order valence-corrected chi connectivity index (χ1v) is 7.27. The number of nitrogens with one attached hydrogen (secondary N) is 1. The van der Waals surface area contributed by atoms with Gasteiger partial charge in [-0.15, -0.1) is 0 Å². The molecule has 0 saturated carbocycles. The average Bonchev–Trinajstić information content (AvgIpc) is 2.36. The molecule has 1 rings (SSSR count). The van der Waals surface area contributed by atoms with Gasteiger partial charge in [0.05, 0.1) is 0 Å². The van der Waals surface area contributed by atoms with Gasteiger partial charge in [0, 0.05) is 34.9 Å². The van der Waals surface area contributed by atoms with Gasteiger partial charge in [-0.2, -0.15) is 0 Å². The standard InChI is InChI=1S/C14H22BrN3O/c1-4-10(2)18(3)6-5-17-14(19)11-7-12(15)9-13(16)8-11/h7-10H,4-6,16H2,1-3H3,(H,17,19). The summed E-state index contributed by atoms with van der Waals surface area (Å²) in [7, 11) is 2.07. The minimum atomic E-state index is -0.0921. The summed E-state index contributed by atoms with van der Waals surface area (Å²) >= 11 is 3.33. The molecule has 1 aromatic carbocycles. The van der Waals surface area contributed by atoms with Gasteiger partial charge in [0.2, 0.25) is 0 Å². The summed E-state index contributed by atoms with van der Waals surface area (Å²) in [5.74, 6) is -0.0921. The summed E-state index contributed by atoms with van der Waals surface area (Å²) in [5, 5.41) is 2.91. The molecule has 0 saturated heterocycles. The van der Waals surface area contributed by atoms with Gasteiger partial charge in [0.15, 0.2) is 0 Å². The molecule has 1 atom stereocenters. The van der Waals surface area contributed by atoms with Crippen LogP contribution in [-0.2, 0) is 0 Å². The number of amides is 1. The molecule has 0 spiro atoms. The molecule has 0 aliphatic rings. The van der Waals surface area contributed by atoms with E-state index in [1.54, 1.807) is 18.2 Å². The zero-order chi connectivity index (χ0) is 14.4. The Labute approximate surface area is 123 Å².